The van der Waals surface area contributed by atoms with Gasteiger partial charge in [0.25, 0.3) is 0 Å². The van der Waals surface area contributed by atoms with Gasteiger partial charge in [-0.2, -0.15) is 0 Å². The van der Waals surface area contributed by atoms with Crippen LogP contribution in [0.5, 0.6) is 0 Å². The average Bonchev–Trinajstić information content (AvgIpc) is 3.45. The normalized spacial score (nSPS) is 12.5. The zero-order valence-corrected chi connectivity index (χ0v) is 24.0. The number of thiophene rings is 1. The predicted molar refractivity (Wildman–Crippen MR) is 182 cm³/mol. The summed E-state index contributed by atoms with van der Waals surface area (Å²) < 4.78 is 2.63. The summed E-state index contributed by atoms with van der Waals surface area (Å²) >= 11 is 1.89. The van der Waals surface area contributed by atoms with Gasteiger partial charge in [0.05, 0.1) is 10.4 Å². The van der Waals surface area contributed by atoms with Gasteiger partial charge in [0.1, 0.15) is 0 Å². The Hall–Kier alpha value is -4.92. The molecule has 200 valence electrons. The first-order valence-corrected chi connectivity index (χ1v) is 15.4. The standard InChI is InChI=1S/C40H29NS/c1-3-13-28(14-4-1)31-25-32(29-15-5-2-6-16-29)27-33(26-31)41(37-22-11-18-30-17-7-8-19-34(30)37)38-23-12-21-36-35-20-9-10-24-39(35)42-40(36)38/h1-7,9-18,20-27H,8,19H2. The van der Waals surface area contributed by atoms with Gasteiger partial charge in [-0.15, -0.1) is 11.3 Å². The second kappa shape index (κ2) is 10.5. The van der Waals surface area contributed by atoms with E-state index in [0.29, 0.717) is 0 Å². The zero-order valence-electron chi connectivity index (χ0n) is 23.2. The highest BCUT2D eigenvalue weighted by Crippen LogP contribution is 2.47. The molecule has 0 radical (unpaired) electrons. The molecule has 0 bridgehead atoms. The Balaban J connectivity index is 1.45. The van der Waals surface area contributed by atoms with Gasteiger partial charge in [-0.1, -0.05) is 115 Å². The number of anilines is 3. The largest absolute Gasteiger partial charge is 0.309 e. The van der Waals surface area contributed by atoms with Crippen LogP contribution < -0.4 is 4.90 Å². The maximum absolute atomic E-state index is 2.52. The number of rotatable bonds is 5. The maximum Gasteiger partial charge on any atom is 0.0640 e. The van der Waals surface area contributed by atoms with Crippen LogP contribution in [-0.2, 0) is 6.42 Å². The summed E-state index contributed by atoms with van der Waals surface area (Å²) in [6, 6.07) is 50.9. The Morgan fingerprint density at radius 3 is 1.93 bits per heavy atom. The first-order chi connectivity index (χ1) is 20.8. The van der Waals surface area contributed by atoms with Crippen molar-refractivity contribution < 1.29 is 0 Å². The van der Waals surface area contributed by atoms with E-state index in [1.165, 1.54) is 70.6 Å². The van der Waals surface area contributed by atoms with Gasteiger partial charge >= 0.3 is 0 Å². The number of hydrogen-bond donors (Lipinski definition) is 0. The van der Waals surface area contributed by atoms with Crippen LogP contribution in [0.25, 0.3) is 48.5 Å². The van der Waals surface area contributed by atoms with E-state index < -0.39 is 0 Å². The third-order valence-corrected chi connectivity index (χ3v) is 9.51. The molecule has 1 aromatic heterocycles. The van der Waals surface area contributed by atoms with Crippen molar-refractivity contribution in [2.75, 3.05) is 4.90 Å². The van der Waals surface area contributed by atoms with Crippen molar-refractivity contribution in [3.63, 3.8) is 0 Å². The van der Waals surface area contributed by atoms with Crippen molar-refractivity contribution in [3.8, 4) is 22.3 Å². The second-order valence-electron chi connectivity index (χ2n) is 10.9. The van der Waals surface area contributed by atoms with Gasteiger partial charge in [-0.25, -0.2) is 0 Å². The molecule has 0 spiro atoms. The Morgan fingerprint density at radius 1 is 0.524 bits per heavy atom. The molecule has 1 heterocycles. The van der Waals surface area contributed by atoms with Crippen LogP contribution in [0.15, 0.2) is 146 Å². The van der Waals surface area contributed by atoms with Crippen LogP contribution >= 0.6 is 11.3 Å². The molecule has 0 amide bonds. The first-order valence-electron chi connectivity index (χ1n) is 14.6. The number of benzene rings is 6. The SMILES string of the molecule is C1=Cc2cccc(N(c3cc(-c4ccccc4)cc(-c4ccccc4)c3)c3cccc4c3sc3ccccc34)c2CC1. The molecule has 8 rings (SSSR count). The molecule has 42 heavy (non-hydrogen) atoms. The van der Waals surface area contributed by atoms with Gasteiger partial charge in [-0.3, -0.25) is 0 Å². The molecule has 1 nitrogen and oxygen atoms in total. The molecule has 0 N–H and O–H groups in total. The maximum atomic E-state index is 2.52. The van der Waals surface area contributed by atoms with Crippen LogP contribution in [0.4, 0.5) is 17.1 Å². The number of nitrogens with zero attached hydrogens (tertiary/aromatic N) is 1. The van der Waals surface area contributed by atoms with Crippen molar-refractivity contribution in [2.45, 2.75) is 12.8 Å². The van der Waals surface area contributed by atoms with Gasteiger partial charge in [0.15, 0.2) is 0 Å². The van der Waals surface area contributed by atoms with E-state index in [4.69, 9.17) is 0 Å². The average molecular weight is 556 g/mol. The van der Waals surface area contributed by atoms with Crippen molar-refractivity contribution in [1.82, 2.24) is 0 Å². The minimum atomic E-state index is 1.03. The number of hydrogen-bond acceptors (Lipinski definition) is 2. The molecule has 2 heteroatoms. The summed E-state index contributed by atoms with van der Waals surface area (Å²) in [6.45, 7) is 0. The molecule has 0 atom stereocenters. The van der Waals surface area contributed by atoms with Crippen molar-refractivity contribution in [2.24, 2.45) is 0 Å². The van der Waals surface area contributed by atoms with E-state index in [-0.39, 0.29) is 0 Å². The van der Waals surface area contributed by atoms with Crippen LogP contribution in [0, 0.1) is 0 Å². The highest BCUT2D eigenvalue weighted by atomic mass is 32.1. The van der Waals surface area contributed by atoms with Crippen molar-refractivity contribution in [3.05, 3.63) is 157 Å². The first kappa shape index (κ1) is 24.8. The Labute approximate surface area is 250 Å². The molecule has 6 aromatic carbocycles. The van der Waals surface area contributed by atoms with Crippen molar-refractivity contribution in [1.29, 1.82) is 0 Å². The topological polar surface area (TPSA) is 3.24 Å². The van der Waals surface area contributed by atoms with E-state index in [1.54, 1.807) is 0 Å². The van der Waals surface area contributed by atoms with Gasteiger partial charge in [-0.05, 0) is 82.6 Å². The fraction of sp³-hybridized carbons (Fsp3) is 0.0500. The fourth-order valence-corrected chi connectivity index (χ4v) is 7.53. The summed E-state index contributed by atoms with van der Waals surface area (Å²) in [5.41, 5.74) is 11.2. The number of fused-ring (bicyclic) bond motifs is 4. The molecular weight excluding hydrogens is 527 g/mol. The quantitative estimate of drug-likeness (QED) is 0.204. The van der Waals surface area contributed by atoms with E-state index in [2.05, 4.69) is 157 Å². The summed E-state index contributed by atoms with van der Waals surface area (Å²) in [5, 5.41) is 2.63. The van der Waals surface area contributed by atoms with E-state index in [1.807, 2.05) is 11.3 Å². The summed E-state index contributed by atoms with van der Waals surface area (Å²) in [7, 11) is 0. The Morgan fingerprint density at radius 2 is 1.17 bits per heavy atom. The van der Waals surface area contributed by atoms with Gasteiger partial charge < -0.3 is 4.90 Å². The smallest absolute Gasteiger partial charge is 0.0640 e. The monoisotopic (exact) mass is 555 g/mol. The summed E-state index contributed by atoms with van der Waals surface area (Å²) in [4.78, 5) is 2.52. The minimum Gasteiger partial charge on any atom is -0.309 e. The van der Waals surface area contributed by atoms with Crippen LogP contribution in [0.2, 0.25) is 0 Å². The van der Waals surface area contributed by atoms with Crippen molar-refractivity contribution >= 4 is 54.6 Å². The lowest BCUT2D eigenvalue weighted by molar-refractivity contribution is 0.980. The highest BCUT2D eigenvalue weighted by Gasteiger charge is 2.23. The van der Waals surface area contributed by atoms with Crippen LogP contribution in [0.1, 0.15) is 17.5 Å². The van der Waals surface area contributed by atoms with E-state index in [0.717, 1.165) is 12.8 Å². The predicted octanol–water partition coefficient (Wildman–Crippen LogP) is 11.8. The molecule has 0 saturated carbocycles. The molecule has 0 aliphatic heterocycles. The van der Waals surface area contributed by atoms with Gasteiger partial charge in [0.2, 0.25) is 0 Å². The second-order valence-corrected chi connectivity index (χ2v) is 11.9. The fourth-order valence-electron chi connectivity index (χ4n) is 6.32. The molecule has 1 aliphatic carbocycles. The Kier molecular flexibility index (Phi) is 6.20. The molecule has 0 saturated heterocycles. The highest BCUT2D eigenvalue weighted by molar-refractivity contribution is 7.26. The van der Waals surface area contributed by atoms with Gasteiger partial charge in [0, 0.05) is 26.8 Å². The molecule has 0 unspecified atom stereocenters. The van der Waals surface area contributed by atoms with E-state index >= 15 is 0 Å². The molecule has 0 fully saturated rings. The third kappa shape index (κ3) is 4.32. The summed E-state index contributed by atoms with van der Waals surface area (Å²) in [5.74, 6) is 0. The number of allylic oxidation sites excluding steroid dienone is 1. The summed E-state index contributed by atoms with van der Waals surface area (Å²) in [6.07, 6.45) is 6.68. The lowest BCUT2D eigenvalue weighted by Crippen LogP contribution is -2.14. The van der Waals surface area contributed by atoms with E-state index in [9.17, 15) is 0 Å². The zero-order chi connectivity index (χ0) is 27.9. The lowest BCUT2D eigenvalue weighted by Gasteiger charge is -2.30. The molecule has 7 aromatic rings. The van der Waals surface area contributed by atoms with Crippen LogP contribution in [0.3, 0.4) is 0 Å². The van der Waals surface area contributed by atoms with Crippen LogP contribution in [-0.4, -0.2) is 0 Å². The Bertz CT molecular complexity index is 2030. The molecule has 1 aliphatic rings. The molecular formula is C40H29NS. The minimum absolute atomic E-state index is 1.03. The third-order valence-electron chi connectivity index (χ3n) is 8.30. The lowest BCUT2D eigenvalue weighted by atomic mass is 9.93.